The average molecular weight is 196 g/mol. The molecule has 0 aliphatic carbocycles. The Morgan fingerprint density at radius 3 is 2.43 bits per heavy atom. The molecule has 1 aromatic rings. The first-order chi connectivity index (χ1) is 6.50. The van der Waals surface area contributed by atoms with Gasteiger partial charge in [0, 0.05) is 6.92 Å². The van der Waals surface area contributed by atoms with Crippen LogP contribution in [-0.4, -0.2) is 11.8 Å². The van der Waals surface area contributed by atoms with Crippen molar-refractivity contribution in [3.63, 3.8) is 0 Å². The number of benzene rings is 1. The lowest BCUT2D eigenvalue weighted by Crippen LogP contribution is -2.06. The van der Waals surface area contributed by atoms with Gasteiger partial charge >= 0.3 is 5.97 Å². The summed E-state index contributed by atoms with van der Waals surface area (Å²) in [6, 6.07) is 3.43. The standard InChI is InChI=1S/C10H9FO3/c1-6(12)9-5-8(11)3-4-10(9)14-7(2)13/h3-5H,1-2H3. The highest BCUT2D eigenvalue weighted by Crippen LogP contribution is 2.20. The van der Waals surface area contributed by atoms with Crippen molar-refractivity contribution in [2.45, 2.75) is 13.8 Å². The number of ketones is 1. The number of hydrogen-bond acceptors (Lipinski definition) is 3. The number of carbonyl (C=O) groups is 2. The van der Waals surface area contributed by atoms with E-state index in [1.165, 1.54) is 19.9 Å². The Bertz CT molecular complexity index is 385. The van der Waals surface area contributed by atoms with Gasteiger partial charge in [-0.25, -0.2) is 4.39 Å². The second-order valence-corrected chi connectivity index (χ2v) is 2.79. The number of rotatable bonds is 2. The fraction of sp³-hybridized carbons (Fsp3) is 0.200. The lowest BCUT2D eigenvalue weighted by Gasteiger charge is -2.05. The summed E-state index contributed by atoms with van der Waals surface area (Å²) in [5.41, 5.74) is 0.0696. The lowest BCUT2D eigenvalue weighted by molar-refractivity contribution is -0.131. The summed E-state index contributed by atoms with van der Waals surface area (Å²) in [4.78, 5) is 21.7. The molecule has 0 aliphatic rings. The van der Waals surface area contributed by atoms with Crippen molar-refractivity contribution in [2.75, 3.05) is 0 Å². The highest BCUT2D eigenvalue weighted by molar-refractivity contribution is 5.97. The van der Waals surface area contributed by atoms with Gasteiger partial charge in [0.25, 0.3) is 0 Å². The maximum atomic E-state index is 12.8. The van der Waals surface area contributed by atoms with E-state index in [0.29, 0.717) is 0 Å². The Labute approximate surface area is 80.5 Å². The lowest BCUT2D eigenvalue weighted by atomic mass is 10.1. The van der Waals surface area contributed by atoms with Crippen molar-refractivity contribution in [1.82, 2.24) is 0 Å². The molecule has 0 fully saturated rings. The summed E-state index contributed by atoms with van der Waals surface area (Å²) in [6.07, 6.45) is 0. The molecule has 0 N–H and O–H groups in total. The maximum Gasteiger partial charge on any atom is 0.308 e. The van der Waals surface area contributed by atoms with E-state index in [0.717, 1.165) is 12.1 Å². The van der Waals surface area contributed by atoms with E-state index < -0.39 is 11.8 Å². The summed E-state index contributed by atoms with van der Waals surface area (Å²) < 4.78 is 17.5. The molecule has 0 amide bonds. The first-order valence-electron chi connectivity index (χ1n) is 3.99. The Hall–Kier alpha value is -1.71. The van der Waals surface area contributed by atoms with Crippen molar-refractivity contribution in [1.29, 1.82) is 0 Å². The van der Waals surface area contributed by atoms with Crippen LogP contribution in [0.3, 0.4) is 0 Å². The van der Waals surface area contributed by atoms with Gasteiger partial charge < -0.3 is 4.74 Å². The highest BCUT2D eigenvalue weighted by Gasteiger charge is 2.11. The number of halogens is 1. The minimum Gasteiger partial charge on any atom is -0.426 e. The van der Waals surface area contributed by atoms with Crippen LogP contribution in [0.5, 0.6) is 5.75 Å². The van der Waals surface area contributed by atoms with Gasteiger partial charge in [0.05, 0.1) is 5.56 Å². The zero-order valence-electron chi connectivity index (χ0n) is 7.83. The van der Waals surface area contributed by atoms with Gasteiger partial charge in [-0.1, -0.05) is 0 Å². The molecule has 0 saturated heterocycles. The first kappa shape index (κ1) is 10.4. The van der Waals surface area contributed by atoms with Crippen LogP contribution in [0.25, 0.3) is 0 Å². The Morgan fingerprint density at radius 1 is 1.29 bits per heavy atom. The topological polar surface area (TPSA) is 43.4 Å². The summed E-state index contributed by atoms with van der Waals surface area (Å²) in [6.45, 7) is 2.50. The van der Waals surface area contributed by atoms with Crippen LogP contribution >= 0.6 is 0 Å². The molecule has 0 atom stereocenters. The molecule has 1 rings (SSSR count). The predicted octanol–water partition coefficient (Wildman–Crippen LogP) is 1.95. The Balaban J connectivity index is 3.14. The monoisotopic (exact) mass is 196 g/mol. The van der Waals surface area contributed by atoms with E-state index in [4.69, 9.17) is 4.74 Å². The van der Waals surface area contributed by atoms with E-state index in [2.05, 4.69) is 0 Å². The summed E-state index contributed by atoms with van der Waals surface area (Å²) >= 11 is 0. The molecule has 0 radical (unpaired) electrons. The molecule has 0 bridgehead atoms. The van der Waals surface area contributed by atoms with Crippen molar-refractivity contribution < 1.29 is 18.7 Å². The van der Waals surface area contributed by atoms with Gasteiger partial charge in [-0.15, -0.1) is 0 Å². The molecule has 14 heavy (non-hydrogen) atoms. The minimum atomic E-state index is -0.542. The van der Waals surface area contributed by atoms with Crippen LogP contribution in [0.4, 0.5) is 4.39 Å². The normalized spacial score (nSPS) is 9.64. The van der Waals surface area contributed by atoms with Crippen LogP contribution in [0.1, 0.15) is 24.2 Å². The maximum absolute atomic E-state index is 12.8. The van der Waals surface area contributed by atoms with Crippen molar-refractivity contribution >= 4 is 11.8 Å². The van der Waals surface area contributed by atoms with Crippen LogP contribution in [0, 0.1) is 5.82 Å². The molecular weight excluding hydrogens is 187 g/mol. The second kappa shape index (κ2) is 4.00. The molecule has 0 unspecified atom stereocenters. The van der Waals surface area contributed by atoms with Gasteiger partial charge in [-0.05, 0) is 25.1 Å². The van der Waals surface area contributed by atoms with Crippen LogP contribution in [0.15, 0.2) is 18.2 Å². The van der Waals surface area contributed by atoms with E-state index in [-0.39, 0.29) is 17.1 Å². The predicted molar refractivity (Wildman–Crippen MR) is 47.7 cm³/mol. The molecule has 0 spiro atoms. The van der Waals surface area contributed by atoms with Crippen LogP contribution in [0.2, 0.25) is 0 Å². The SMILES string of the molecule is CC(=O)Oc1ccc(F)cc1C(C)=O. The summed E-state index contributed by atoms with van der Waals surface area (Å²) in [7, 11) is 0. The first-order valence-corrected chi connectivity index (χ1v) is 3.99. The van der Waals surface area contributed by atoms with Crippen molar-refractivity contribution in [2.24, 2.45) is 0 Å². The number of hydrogen-bond donors (Lipinski definition) is 0. The van der Waals surface area contributed by atoms with Gasteiger partial charge in [0.1, 0.15) is 11.6 Å². The van der Waals surface area contributed by atoms with Crippen LogP contribution in [-0.2, 0) is 4.79 Å². The quantitative estimate of drug-likeness (QED) is 0.412. The van der Waals surface area contributed by atoms with E-state index in [1.54, 1.807) is 0 Å². The highest BCUT2D eigenvalue weighted by atomic mass is 19.1. The van der Waals surface area contributed by atoms with Gasteiger partial charge in [-0.2, -0.15) is 0 Å². The van der Waals surface area contributed by atoms with E-state index in [1.807, 2.05) is 0 Å². The minimum absolute atomic E-state index is 0.0696. The summed E-state index contributed by atoms with van der Waals surface area (Å²) in [5.74, 6) is -1.34. The molecule has 74 valence electrons. The average Bonchev–Trinajstić information content (AvgIpc) is 2.07. The van der Waals surface area contributed by atoms with Crippen molar-refractivity contribution in [3.05, 3.63) is 29.6 Å². The molecule has 0 aromatic heterocycles. The van der Waals surface area contributed by atoms with E-state index >= 15 is 0 Å². The molecule has 0 heterocycles. The molecular formula is C10H9FO3. The number of carbonyl (C=O) groups excluding carboxylic acids is 2. The third-order valence-corrected chi connectivity index (χ3v) is 1.57. The zero-order valence-corrected chi connectivity index (χ0v) is 7.83. The summed E-state index contributed by atoms with van der Waals surface area (Å²) in [5, 5.41) is 0. The van der Waals surface area contributed by atoms with Crippen molar-refractivity contribution in [3.8, 4) is 5.75 Å². The molecule has 4 heteroatoms. The largest absolute Gasteiger partial charge is 0.426 e. The third-order valence-electron chi connectivity index (χ3n) is 1.57. The molecule has 0 saturated carbocycles. The third kappa shape index (κ3) is 2.39. The molecule has 1 aromatic carbocycles. The fourth-order valence-electron chi connectivity index (χ4n) is 1.02. The second-order valence-electron chi connectivity index (χ2n) is 2.79. The number of Topliss-reactive ketones (excluding diaryl/α,β-unsaturated/α-hetero) is 1. The Morgan fingerprint density at radius 2 is 1.93 bits per heavy atom. The fourth-order valence-corrected chi connectivity index (χ4v) is 1.02. The van der Waals surface area contributed by atoms with Gasteiger partial charge in [-0.3, -0.25) is 9.59 Å². The van der Waals surface area contributed by atoms with Crippen LogP contribution < -0.4 is 4.74 Å². The van der Waals surface area contributed by atoms with E-state index in [9.17, 15) is 14.0 Å². The number of esters is 1. The zero-order chi connectivity index (χ0) is 10.7. The smallest absolute Gasteiger partial charge is 0.308 e. The molecule has 0 aliphatic heterocycles. The van der Waals surface area contributed by atoms with Gasteiger partial charge in [0.15, 0.2) is 5.78 Å². The number of ether oxygens (including phenoxy) is 1. The van der Waals surface area contributed by atoms with Gasteiger partial charge in [0.2, 0.25) is 0 Å². The Kier molecular flexibility index (Phi) is 2.96. The molecule has 3 nitrogen and oxygen atoms in total.